The van der Waals surface area contributed by atoms with Gasteiger partial charge in [0.15, 0.2) is 0 Å². The van der Waals surface area contributed by atoms with Crippen LogP contribution in [0.5, 0.6) is 0 Å². The molecular weight excluding hydrogens is 239 g/mol. The zero-order chi connectivity index (χ0) is 6.85. The summed E-state index contributed by atoms with van der Waals surface area (Å²) in [6, 6.07) is 0. The first-order chi connectivity index (χ1) is 4.25. The van der Waals surface area contributed by atoms with Crippen molar-refractivity contribution in [3.05, 3.63) is 18.2 Å². The van der Waals surface area contributed by atoms with Crippen molar-refractivity contribution in [2.45, 2.75) is 20.4 Å². The minimum Gasteiger partial charge on any atom is -1.00 e. The third-order valence-corrected chi connectivity index (χ3v) is 1.74. The van der Waals surface area contributed by atoms with E-state index in [-0.39, 0.29) is 24.0 Å². The lowest BCUT2D eigenvalue weighted by Gasteiger charge is -1.90. The molecule has 0 aliphatic heterocycles. The van der Waals surface area contributed by atoms with Crippen LogP contribution in [-0.2, 0) is 13.6 Å². The molecule has 0 fully saturated rings. The Morgan fingerprint density at radius 3 is 2.40 bits per heavy atom. The Bertz CT molecular complexity index is 205. The number of hydrogen-bond acceptors (Lipinski definition) is 0. The average Bonchev–Trinajstić information content (AvgIpc) is 2.15. The van der Waals surface area contributed by atoms with Crippen LogP contribution in [0, 0.1) is 6.92 Å². The van der Waals surface area contributed by atoms with E-state index in [9.17, 15) is 0 Å². The summed E-state index contributed by atoms with van der Waals surface area (Å²) in [6.07, 6.45) is 4.16. The van der Waals surface area contributed by atoms with Crippen molar-refractivity contribution in [3.8, 4) is 0 Å². The second-order valence-electron chi connectivity index (χ2n) is 2.24. The smallest absolute Gasteiger partial charge is 0.252 e. The summed E-state index contributed by atoms with van der Waals surface area (Å²) in [7, 11) is 2.06. The summed E-state index contributed by atoms with van der Waals surface area (Å²) < 4.78 is 4.32. The molecule has 1 aromatic rings. The maximum Gasteiger partial charge on any atom is 0.252 e. The number of aromatic nitrogens is 2. The number of imidazole rings is 1. The fraction of sp³-hybridized carbons (Fsp3) is 0.571. The van der Waals surface area contributed by atoms with Crippen molar-refractivity contribution in [2.24, 2.45) is 7.05 Å². The van der Waals surface area contributed by atoms with E-state index in [0.717, 1.165) is 6.54 Å². The molecule has 0 N–H and O–H groups in total. The second kappa shape index (κ2) is 3.95. The molecule has 58 valence electrons. The Kier molecular flexibility index (Phi) is 3.93. The van der Waals surface area contributed by atoms with Gasteiger partial charge in [-0.2, -0.15) is 0 Å². The molecular formula is C7H13IN2. The Labute approximate surface area is 78.9 Å². The second-order valence-corrected chi connectivity index (χ2v) is 2.24. The molecule has 0 aliphatic rings. The van der Waals surface area contributed by atoms with Gasteiger partial charge >= 0.3 is 0 Å². The van der Waals surface area contributed by atoms with E-state index in [2.05, 4.69) is 42.4 Å². The molecule has 0 saturated carbocycles. The molecule has 2 nitrogen and oxygen atoms in total. The van der Waals surface area contributed by atoms with Gasteiger partial charge in [0.1, 0.15) is 12.4 Å². The molecule has 0 unspecified atom stereocenters. The van der Waals surface area contributed by atoms with Crippen molar-refractivity contribution < 1.29 is 28.5 Å². The van der Waals surface area contributed by atoms with E-state index < -0.39 is 0 Å². The van der Waals surface area contributed by atoms with Crippen LogP contribution in [-0.4, -0.2) is 4.57 Å². The lowest BCUT2D eigenvalue weighted by Crippen LogP contribution is -3.00. The van der Waals surface area contributed by atoms with Gasteiger partial charge in [0.25, 0.3) is 5.82 Å². The first kappa shape index (κ1) is 9.94. The minimum atomic E-state index is 0. The number of nitrogens with zero attached hydrogens (tertiary/aromatic N) is 2. The molecule has 1 heterocycles. The lowest BCUT2D eigenvalue weighted by atomic mass is 10.6. The summed E-state index contributed by atoms with van der Waals surface area (Å²) in [4.78, 5) is 0. The van der Waals surface area contributed by atoms with Crippen molar-refractivity contribution in [1.29, 1.82) is 0 Å². The summed E-state index contributed by atoms with van der Waals surface area (Å²) in [5.74, 6) is 1.30. The SMILES string of the molecule is CC[n+]1ccn(C)c1C.[I-]. The molecule has 0 saturated heterocycles. The number of aryl methyl sites for hydroxylation is 2. The van der Waals surface area contributed by atoms with Crippen molar-refractivity contribution >= 4 is 0 Å². The topological polar surface area (TPSA) is 8.81 Å². The first-order valence-corrected chi connectivity index (χ1v) is 3.27. The molecule has 0 spiro atoms. The molecule has 1 aromatic heterocycles. The summed E-state index contributed by atoms with van der Waals surface area (Å²) in [5, 5.41) is 0. The summed E-state index contributed by atoms with van der Waals surface area (Å²) in [6.45, 7) is 5.32. The van der Waals surface area contributed by atoms with E-state index in [1.807, 2.05) is 0 Å². The van der Waals surface area contributed by atoms with Gasteiger partial charge in [0.2, 0.25) is 0 Å². The van der Waals surface area contributed by atoms with Crippen molar-refractivity contribution in [2.75, 3.05) is 0 Å². The highest BCUT2D eigenvalue weighted by Gasteiger charge is 2.03. The Hall–Kier alpha value is -0.0600. The van der Waals surface area contributed by atoms with Gasteiger partial charge in [-0.15, -0.1) is 0 Å². The molecule has 0 atom stereocenters. The molecule has 3 heteroatoms. The fourth-order valence-electron chi connectivity index (χ4n) is 0.933. The van der Waals surface area contributed by atoms with Gasteiger partial charge in [0.05, 0.1) is 13.6 Å². The van der Waals surface area contributed by atoms with Gasteiger partial charge in [-0.05, 0) is 6.92 Å². The van der Waals surface area contributed by atoms with Crippen LogP contribution in [0.25, 0.3) is 0 Å². The third kappa shape index (κ3) is 1.71. The summed E-state index contributed by atoms with van der Waals surface area (Å²) in [5.41, 5.74) is 0. The molecule has 0 amide bonds. The number of halogens is 1. The van der Waals surface area contributed by atoms with E-state index in [1.54, 1.807) is 0 Å². The Balaban J connectivity index is 0.000000810. The number of hydrogen-bond donors (Lipinski definition) is 0. The van der Waals surface area contributed by atoms with Gasteiger partial charge in [-0.3, -0.25) is 0 Å². The molecule has 10 heavy (non-hydrogen) atoms. The zero-order valence-corrected chi connectivity index (χ0v) is 8.79. The Morgan fingerprint density at radius 2 is 2.20 bits per heavy atom. The van der Waals surface area contributed by atoms with Crippen LogP contribution < -0.4 is 28.5 Å². The minimum absolute atomic E-state index is 0. The van der Waals surface area contributed by atoms with Crippen molar-refractivity contribution in [1.82, 2.24) is 4.57 Å². The van der Waals surface area contributed by atoms with Gasteiger partial charge in [-0.1, -0.05) is 0 Å². The van der Waals surface area contributed by atoms with E-state index >= 15 is 0 Å². The first-order valence-electron chi connectivity index (χ1n) is 3.27. The van der Waals surface area contributed by atoms with Crippen LogP contribution in [0.2, 0.25) is 0 Å². The largest absolute Gasteiger partial charge is 1.00 e. The zero-order valence-electron chi connectivity index (χ0n) is 6.63. The van der Waals surface area contributed by atoms with Gasteiger partial charge in [-0.25, -0.2) is 9.13 Å². The van der Waals surface area contributed by atoms with Gasteiger partial charge in [0, 0.05) is 6.92 Å². The van der Waals surface area contributed by atoms with E-state index in [1.165, 1.54) is 5.82 Å². The van der Waals surface area contributed by atoms with Crippen LogP contribution in [0.1, 0.15) is 12.7 Å². The quantitative estimate of drug-likeness (QED) is 0.391. The molecule has 0 radical (unpaired) electrons. The predicted molar refractivity (Wildman–Crippen MR) is 36.0 cm³/mol. The summed E-state index contributed by atoms with van der Waals surface area (Å²) >= 11 is 0. The van der Waals surface area contributed by atoms with E-state index in [0.29, 0.717) is 0 Å². The highest BCUT2D eigenvalue weighted by Crippen LogP contribution is 1.86. The maximum absolute atomic E-state index is 2.21. The van der Waals surface area contributed by atoms with Crippen LogP contribution in [0.15, 0.2) is 12.4 Å². The molecule has 0 aliphatic carbocycles. The monoisotopic (exact) mass is 252 g/mol. The normalized spacial score (nSPS) is 9.10. The standard InChI is InChI=1S/C7H13N2.HI/c1-4-9-6-5-8(3)7(9)2;/h5-6H,4H2,1-3H3;1H/q+1;/p-1. The highest BCUT2D eigenvalue weighted by atomic mass is 127. The lowest BCUT2D eigenvalue weighted by molar-refractivity contribution is -0.699. The fourth-order valence-corrected chi connectivity index (χ4v) is 0.933. The highest BCUT2D eigenvalue weighted by molar-refractivity contribution is 4.76. The number of rotatable bonds is 1. The average molecular weight is 252 g/mol. The molecule has 0 bridgehead atoms. The van der Waals surface area contributed by atoms with Crippen LogP contribution in [0.4, 0.5) is 0 Å². The van der Waals surface area contributed by atoms with E-state index in [4.69, 9.17) is 0 Å². The molecule has 1 rings (SSSR count). The van der Waals surface area contributed by atoms with Crippen molar-refractivity contribution in [3.63, 3.8) is 0 Å². The molecule has 0 aromatic carbocycles. The van der Waals surface area contributed by atoms with Crippen LogP contribution >= 0.6 is 0 Å². The Morgan fingerprint density at radius 1 is 1.60 bits per heavy atom. The maximum atomic E-state index is 2.21. The van der Waals surface area contributed by atoms with Gasteiger partial charge < -0.3 is 24.0 Å². The van der Waals surface area contributed by atoms with Crippen LogP contribution in [0.3, 0.4) is 0 Å². The third-order valence-electron chi connectivity index (χ3n) is 1.74. The predicted octanol–water partition coefficient (Wildman–Crippen LogP) is -2.36.